The van der Waals surface area contributed by atoms with E-state index < -0.39 is 0 Å². The van der Waals surface area contributed by atoms with Crippen LogP contribution in [0.4, 0.5) is 0 Å². The Kier molecular flexibility index (Phi) is 5.16. The first-order valence-corrected chi connectivity index (χ1v) is 6.99. The molecule has 0 aliphatic carbocycles. The zero-order valence-electron chi connectivity index (χ0n) is 12.4. The molecule has 1 fully saturated rings. The van der Waals surface area contributed by atoms with Gasteiger partial charge in [-0.25, -0.2) is 0 Å². The van der Waals surface area contributed by atoms with E-state index in [1.807, 2.05) is 0 Å². The van der Waals surface area contributed by atoms with Crippen LogP contribution in [0.1, 0.15) is 10.4 Å². The molecule has 0 aromatic heterocycles. The molecule has 0 atom stereocenters. The largest absolute Gasteiger partial charge is 0.483 e. The Morgan fingerprint density at radius 2 is 2.05 bits per heavy atom. The van der Waals surface area contributed by atoms with Crippen LogP contribution in [0.25, 0.3) is 0 Å². The molecule has 1 aliphatic rings. The van der Waals surface area contributed by atoms with Crippen molar-refractivity contribution in [2.45, 2.75) is 0 Å². The molecule has 0 bridgehead atoms. The number of hydrogen-bond donors (Lipinski definition) is 2. The Labute approximate surface area is 124 Å². The van der Waals surface area contributed by atoms with E-state index in [1.165, 1.54) is 4.90 Å². The number of carbonyl (C=O) groups excluding carboxylic acids is 2. The van der Waals surface area contributed by atoms with E-state index in [0.717, 1.165) is 13.1 Å². The molecule has 21 heavy (non-hydrogen) atoms. The first-order valence-electron chi connectivity index (χ1n) is 6.99. The second-order valence-electron chi connectivity index (χ2n) is 5.31. The molecule has 6 nitrogen and oxygen atoms in total. The van der Waals surface area contributed by atoms with Crippen LogP contribution in [0.2, 0.25) is 0 Å². The number of rotatable bonds is 6. The van der Waals surface area contributed by atoms with E-state index in [9.17, 15) is 9.59 Å². The molecule has 114 valence electrons. The lowest BCUT2D eigenvalue weighted by molar-refractivity contribution is -0.130. The summed E-state index contributed by atoms with van der Waals surface area (Å²) in [5.41, 5.74) is 0.455. The Balaban J connectivity index is 1.94. The van der Waals surface area contributed by atoms with Crippen LogP contribution in [0.3, 0.4) is 0 Å². The van der Waals surface area contributed by atoms with E-state index in [1.54, 1.807) is 38.4 Å². The lowest BCUT2D eigenvalue weighted by Gasteiger charge is -2.27. The number of nitrogens with zero attached hydrogens (tertiary/aromatic N) is 1. The number of hydrogen-bond acceptors (Lipinski definition) is 4. The molecule has 2 rings (SSSR count). The fourth-order valence-corrected chi connectivity index (χ4v) is 1.87. The normalized spacial score (nSPS) is 14.2. The molecule has 0 saturated carbocycles. The molecule has 1 aromatic rings. The molecule has 1 aliphatic heterocycles. The second kappa shape index (κ2) is 7.08. The molecule has 6 heteroatoms. The smallest absolute Gasteiger partial charge is 0.259 e. The number of nitrogens with one attached hydrogen (secondary N) is 2. The number of benzene rings is 1. The summed E-state index contributed by atoms with van der Waals surface area (Å²) in [5, 5.41) is 6.06. The lowest BCUT2D eigenvalue weighted by atomic mass is 10.0. The van der Waals surface area contributed by atoms with Gasteiger partial charge in [0.25, 0.3) is 11.8 Å². The molecule has 2 amide bonds. The minimum atomic E-state index is -0.171. The van der Waals surface area contributed by atoms with Gasteiger partial charge in [-0.05, 0) is 12.1 Å². The van der Waals surface area contributed by atoms with E-state index in [2.05, 4.69) is 10.6 Å². The van der Waals surface area contributed by atoms with Gasteiger partial charge in [0, 0.05) is 39.6 Å². The van der Waals surface area contributed by atoms with Crippen LogP contribution in [0, 0.1) is 5.92 Å². The van der Waals surface area contributed by atoms with Crippen molar-refractivity contribution >= 4 is 11.8 Å². The van der Waals surface area contributed by atoms with Gasteiger partial charge >= 0.3 is 0 Å². The van der Waals surface area contributed by atoms with Crippen LogP contribution in [-0.4, -0.2) is 57.1 Å². The molecule has 2 N–H and O–H groups in total. The summed E-state index contributed by atoms with van der Waals surface area (Å²) in [4.78, 5) is 25.2. The van der Waals surface area contributed by atoms with Gasteiger partial charge < -0.3 is 20.3 Å². The standard InChI is InChI=1S/C15H21N3O3/c1-18(2)14(19)10-21-13-6-4-3-5-12(13)15(20)17-9-11-7-16-8-11/h3-6,11,16H,7-10H2,1-2H3,(H,17,20). The highest BCUT2D eigenvalue weighted by Gasteiger charge is 2.19. The van der Waals surface area contributed by atoms with Gasteiger partial charge in [-0.2, -0.15) is 0 Å². The Morgan fingerprint density at radius 3 is 2.67 bits per heavy atom. The zero-order valence-corrected chi connectivity index (χ0v) is 12.4. The molecule has 0 radical (unpaired) electrons. The van der Waals surface area contributed by atoms with Gasteiger partial charge in [0.2, 0.25) is 0 Å². The first-order chi connectivity index (χ1) is 10.1. The third-order valence-corrected chi connectivity index (χ3v) is 3.40. The van der Waals surface area contributed by atoms with Crippen molar-refractivity contribution in [1.29, 1.82) is 0 Å². The first kappa shape index (κ1) is 15.3. The van der Waals surface area contributed by atoms with E-state index >= 15 is 0 Å². The third-order valence-electron chi connectivity index (χ3n) is 3.40. The number of likely N-dealkylation sites (N-methyl/N-ethyl adjacent to an activating group) is 1. The highest BCUT2D eigenvalue weighted by Crippen LogP contribution is 2.18. The average molecular weight is 291 g/mol. The predicted molar refractivity (Wildman–Crippen MR) is 79.3 cm³/mol. The number of amides is 2. The van der Waals surface area contributed by atoms with Gasteiger partial charge in [0.15, 0.2) is 6.61 Å². The summed E-state index contributed by atoms with van der Waals surface area (Å²) >= 11 is 0. The summed E-state index contributed by atoms with van der Waals surface area (Å²) in [6, 6.07) is 6.95. The van der Waals surface area contributed by atoms with Gasteiger partial charge in [-0.15, -0.1) is 0 Å². The number of para-hydroxylation sites is 1. The van der Waals surface area contributed by atoms with Crippen molar-refractivity contribution < 1.29 is 14.3 Å². The zero-order chi connectivity index (χ0) is 15.2. The molecular weight excluding hydrogens is 270 g/mol. The summed E-state index contributed by atoms with van der Waals surface area (Å²) < 4.78 is 5.46. The van der Waals surface area contributed by atoms with E-state index in [-0.39, 0.29) is 18.4 Å². The van der Waals surface area contributed by atoms with Crippen molar-refractivity contribution in [1.82, 2.24) is 15.5 Å². The fourth-order valence-electron chi connectivity index (χ4n) is 1.87. The lowest BCUT2D eigenvalue weighted by Crippen LogP contribution is -2.48. The maximum absolute atomic E-state index is 12.2. The SMILES string of the molecule is CN(C)C(=O)COc1ccccc1C(=O)NCC1CNC1. The summed E-state index contributed by atoms with van der Waals surface area (Å²) in [6.45, 7) is 2.45. The summed E-state index contributed by atoms with van der Waals surface area (Å²) in [5.74, 6) is 0.606. The number of ether oxygens (including phenoxy) is 1. The maximum atomic E-state index is 12.2. The molecule has 1 aromatic carbocycles. The van der Waals surface area contributed by atoms with Crippen LogP contribution in [0.15, 0.2) is 24.3 Å². The van der Waals surface area contributed by atoms with Crippen LogP contribution >= 0.6 is 0 Å². The van der Waals surface area contributed by atoms with Crippen LogP contribution in [-0.2, 0) is 4.79 Å². The van der Waals surface area contributed by atoms with Crippen molar-refractivity contribution in [3.05, 3.63) is 29.8 Å². The Morgan fingerprint density at radius 1 is 1.33 bits per heavy atom. The van der Waals surface area contributed by atoms with Crippen LogP contribution in [0.5, 0.6) is 5.75 Å². The predicted octanol–water partition coefficient (Wildman–Crippen LogP) is 0.103. The monoisotopic (exact) mass is 291 g/mol. The van der Waals surface area contributed by atoms with Gasteiger partial charge in [-0.3, -0.25) is 9.59 Å². The van der Waals surface area contributed by atoms with Crippen molar-refractivity contribution in [2.75, 3.05) is 40.3 Å². The Hall–Kier alpha value is -2.08. The minimum absolute atomic E-state index is 0.0795. The third kappa shape index (κ3) is 4.19. The molecule has 0 spiro atoms. The highest BCUT2D eigenvalue weighted by molar-refractivity contribution is 5.97. The minimum Gasteiger partial charge on any atom is -0.483 e. The Bertz CT molecular complexity index is 513. The molecule has 0 unspecified atom stereocenters. The van der Waals surface area contributed by atoms with E-state index in [4.69, 9.17) is 4.74 Å². The van der Waals surface area contributed by atoms with Crippen molar-refractivity contribution in [3.63, 3.8) is 0 Å². The maximum Gasteiger partial charge on any atom is 0.259 e. The quantitative estimate of drug-likeness (QED) is 0.780. The van der Waals surface area contributed by atoms with Gasteiger partial charge in [0.05, 0.1) is 5.56 Å². The molecule has 1 saturated heterocycles. The average Bonchev–Trinajstić information content (AvgIpc) is 2.43. The fraction of sp³-hybridized carbons (Fsp3) is 0.467. The molecule has 1 heterocycles. The summed E-state index contributed by atoms with van der Waals surface area (Å²) in [7, 11) is 3.33. The second-order valence-corrected chi connectivity index (χ2v) is 5.31. The van der Waals surface area contributed by atoms with Crippen LogP contribution < -0.4 is 15.4 Å². The topological polar surface area (TPSA) is 70.7 Å². The van der Waals surface area contributed by atoms with Crippen molar-refractivity contribution in [2.24, 2.45) is 5.92 Å². The highest BCUT2D eigenvalue weighted by atomic mass is 16.5. The number of carbonyl (C=O) groups is 2. The van der Waals surface area contributed by atoms with E-state index in [0.29, 0.717) is 23.8 Å². The van der Waals surface area contributed by atoms with Gasteiger partial charge in [0.1, 0.15) is 5.75 Å². The van der Waals surface area contributed by atoms with Gasteiger partial charge in [-0.1, -0.05) is 12.1 Å². The van der Waals surface area contributed by atoms with Crippen molar-refractivity contribution in [3.8, 4) is 5.75 Å². The summed E-state index contributed by atoms with van der Waals surface area (Å²) in [6.07, 6.45) is 0. The molecular formula is C15H21N3O3.